The van der Waals surface area contributed by atoms with Gasteiger partial charge in [0.2, 0.25) is 6.79 Å². The summed E-state index contributed by atoms with van der Waals surface area (Å²) in [6, 6.07) is 21.1. The lowest BCUT2D eigenvalue weighted by Crippen LogP contribution is -2.47. The smallest absolute Gasteiger partial charge is 0.427 e. The molecule has 3 aromatic rings. The third-order valence-electron chi connectivity index (χ3n) is 6.59. The van der Waals surface area contributed by atoms with Crippen LogP contribution in [-0.4, -0.2) is 56.2 Å². The van der Waals surface area contributed by atoms with E-state index in [1.165, 1.54) is 23.8 Å². The molecule has 0 aromatic heterocycles. The number of rotatable bonds is 14. The van der Waals surface area contributed by atoms with Crippen molar-refractivity contribution in [2.45, 2.75) is 57.1 Å². The van der Waals surface area contributed by atoms with Gasteiger partial charge in [-0.2, -0.15) is 0 Å². The van der Waals surface area contributed by atoms with Gasteiger partial charge in [0.15, 0.2) is 11.5 Å². The maximum atomic E-state index is 13.4. The molecule has 4 rings (SSSR count). The van der Waals surface area contributed by atoms with Crippen LogP contribution in [-0.2, 0) is 27.7 Å². The Hall–Kier alpha value is -3.80. The van der Waals surface area contributed by atoms with Crippen molar-refractivity contribution in [2.75, 3.05) is 19.9 Å². The molecule has 0 aliphatic carbocycles. The Morgan fingerprint density at radius 2 is 1.69 bits per heavy atom. The van der Waals surface area contributed by atoms with E-state index in [-0.39, 0.29) is 24.2 Å². The summed E-state index contributed by atoms with van der Waals surface area (Å²) in [6.45, 7) is 5.66. The van der Waals surface area contributed by atoms with Crippen LogP contribution < -0.4 is 19.5 Å². The summed E-state index contributed by atoms with van der Waals surface area (Å²) in [7, 11) is -4.22. The van der Waals surface area contributed by atoms with Gasteiger partial charge in [0.1, 0.15) is 5.75 Å². The second-order valence-corrected chi connectivity index (χ2v) is 12.4. The number of carbonyl (C=O) groups excluding carboxylic acids is 1. The van der Waals surface area contributed by atoms with E-state index in [2.05, 4.69) is 17.4 Å². The first-order valence-corrected chi connectivity index (χ1v) is 15.4. The van der Waals surface area contributed by atoms with Crippen LogP contribution in [0.5, 0.6) is 17.2 Å². The lowest BCUT2D eigenvalue weighted by Gasteiger charge is -2.25. The zero-order valence-electron chi connectivity index (χ0n) is 24.1. The van der Waals surface area contributed by atoms with E-state index in [0.717, 1.165) is 24.2 Å². The Balaban J connectivity index is 1.33. The first-order valence-electron chi connectivity index (χ1n) is 14.0. The minimum Gasteiger partial charge on any atom is -0.494 e. The molecule has 3 aromatic carbocycles. The quantitative estimate of drug-likeness (QED) is 0.202. The monoisotopic (exact) mass is 598 g/mol. The maximum absolute atomic E-state index is 13.4. The van der Waals surface area contributed by atoms with Crippen LogP contribution in [0.1, 0.15) is 38.3 Å². The number of hydrogen-bond donors (Lipinski definition) is 2. The summed E-state index contributed by atoms with van der Waals surface area (Å²) >= 11 is 0. The van der Waals surface area contributed by atoms with Crippen molar-refractivity contribution in [1.82, 2.24) is 9.79 Å². The first-order chi connectivity index (χ1) is 20.1. The molecular formula is C31H38N2O8S. The number of nitrogens with zero attached hydrogens (tertiary/aromatic N) is 1. The Morgan fingerprint density at radius 3 is 2.38 bits per heavy atom. The topological polar surface area (TPSA) is 124 Å². The van der Waals surface area contributed by atoms with Gasteiger partial charge in [0.05, 0.1) is 30.2 Å². The average Bonchev–Trinajstić information content (AvgIpc) is 3.44. The number of ether oxygens (including phenoxy) is 3. The number of hydroxylamine groups is 1. The molecule has 1 amide bonds. The highest BCUT2D eigenvalue weighted by atomic mass is 32.2. The third kappa shape index (κ3) is 8.60. The molecule has 2 unspecified atom stereocenters. The van der Waals surface area contributed by atoms with Crippen molar-refractivity contribution < 1.29 is 37.4 Å². The molecule has 42 heavy (non-hydrogen) atoms. The number of aliphatic hydroxyl groups excluding tert-OH is 1. The van der Waals surface area contributed by atoms with Crippen molar-refractivity contribution in [3.8, 4) is 17.2 Å². The van der Waals surface area contributed by atoms with Crippen LogP contribution >= 0.6 is 0 Å². The molecule has 0 saturated carbocycles. The lowest BCUT2D eigenvalue weighted by molar-refractivity contribution is -0.0323. The highest BCUT2D eigenvalue weighted by molar-refractivity contribution is 7.89. The van der Waals surface area contributed by atoms with Crippen LogP contribution in [0.4, 0.5) is 4.79 Å². The minimum absolute atomic E-state index is 0.00130. The number of hydrogen-bond acceptors (Lipinski definition) is 8. The Labute approximate surface area is 247 Å². The van der Waals surface area contributed by atoms with Gasteiger partial charge in [0, 0.05) is 6.07 Å². The highest BCUT2D eigenvalue weighted by Gasteiger charge is 2.32. The largest absolute Gasteiger partial charge is 0.494 e. The van der Waals surface area contributed by atoms with Gasteiger partial charge in [-0.25, -0.2) is 13.2 Å². The molecule has 0 fully saturated rings. The number of amides is 1. The van der Waals surface area contributed by atoms with E-state index in [0.29, 0.717) is 29.0 Å². The molecule has 0 saturated heterocycles. The van der Waals surface area contributed by atoms with Gasteiger partial charge in [0.25, 0.3) is 10.0 Å². The molecule has 226 valence electrons. The van der Waals surface area contributed by atoms with E-state index >= 15 is 0 Å². The van der Waals surface area contributed by atoms with Gasteiger partial charge in [-0.1, -0.05) is 56.3 Å². The Bertz CT molecular complexity index is 1410. The summed E-state index contributed by atoms with van der Waals surface area (Å²) in [5.41, 5.74) is 2.12. The number of aliphatic hydroxyl groups is 1. The number of sulfonamides is 1. The molecule has 0 spiro atoms. The number of nitrogens with one attached hydrogen (secondary N) is 1. The normalized spacial score (nSPS) is 14.0. The predicted octanol–water partition coefficient (Wildman–Crippen LogP) is 4.71. The molecule has 0 radical (unpaired) electrons. The van der Waals surface area contributed by atoms with Crippen molar-refractivity contribution in [3.05, 3.63) is 83.9 Å². The van der Waals surface area contributed by atoms with Crippen LogP contribution in [0.2, 0.25) is 0 Å². The summed E-state index contributed by atoms with van der Waals surface area (Å²) in [4.78, 5) is 18.1. The highest BCUT2D eigenvalue weighted by Crippen LogP contribution is 2.34. The molecule has 0 bridgehead atoms. The van der Waals surface area contributed by atoms with Crippen LogP contribution in [0.15, 0.2) is 77.7 Å². The number of aryl methyl sites for hydroxylation is 1. The maximum Gasteiger partial charge on any atom is 0.427 e. The molecule has 1 aliphatic heterocycles. The summed E-state index contributed by atoms with van der Waals surface area (Å²) in [5, 5.41) is 13.0. The number of benzene rings is 3. The third-order valence-corrected chi connectivity index (χ3v) is 8.20. The van der Waals surface area contributed by atoms with Crippen molar-refractivity contribution in [2.24, 2.45) is 5.92 Å². The second-order valence-electron chi connectivity index (χ2n) is 10.6. The molecule has 1 heterocycles. The van der Waals surface area contributed by atoms with Crippen molar-refractivity contribution in [3.63, 3.8) is 0 Å². The number of carbonyl (C=O) groups is 1. The Kier molecular flexibility index (Phi) is 10.7. The van der Waals surface area contributed by atoms with Crippen molar-refractivity contribution in [1.29, 1.82) is 0 Å². The fourth-order valence-electron chi connectivity index (χ4n) is 4.34. The average molecular weight is 599 g/mol. The Morgan fingerprint density at radius 1 is 0.976 bits per heavy atom. The summed E-state index contributed by atoms with van der Waals surface area (Å²) < 4.78 is 43.8. The van der Waals surface area contributed by atoms with Gasteiger partial charge in [-0.05, 0) is 72.0 Å². The standard InChI is InChI=1S/C31H38N2O8S/c1-22(2)20-33(42(36,37)27-15-16-29-30(19-27)40-21-39-29)41-31(35)32-28(23(3)34)18-25-11-13-26(14-12-25)38-17-7-10-24-8-5-4-6-9-24/h4-6,8-9,11-16,19,22-23,28,34H,7,10,17-18,20-21H2,1-3H3,(H,32,35). The van der Waals surface area contributed by atoms with Gasteiger partial charge >= 0.3 is 6.09 Å². The molecule has 11 heteroatoms. The zero-order chi connectivity index (χ0) is 30.1. The SMILES string of the molecule is CC(C)CN(OC(=O)NC(Cc1ccc(OCCCc2ccccc2)cc1)C(C)O)S(=O)(=O)c1ccc2c(c1)OCO2. The van der Waals surface area contributed by atoms with Gasteiger partial charge in [-0.3, -0.25) is 0 Å². The van der Waals surface area contributed by atoms with Crippen molar-refractivity contribution >= 4 is 16.1 Å². The molecule has 2 N–H and O–H groups in total. The second kappa shape index (κ2) is 14.4. The number of fused-ring (bicyclic) bond motifs is 1. The fraction of sp³-hybridized carbons (Fsp3) is 0.387. The lowest BCUT2D eigenvalue weighted by atomic mass is 10.0. The molecule has 1 aliphatic rings. The van der Waals surface area contributed by atoms with E-state index in [4.69, 9.17) is 19.0 Å². The predicted molar refractivity (Wildman–Crippen MR) is 157 cm³/mol. The molecule has 10 nitrogen and oxygen atoms in total. The zero-order valence-corrected chi connectivity index (χ0v) is 24.9. The summed E-state index contributed by atoms with van der Waals surface area (Å²) in [5.74, 6) is 1.31. The van der Waals surface area contributed by atoms with E-state index in [1.807, 2.05) is 42.5 Å². The van der Waals surface area contributed by atoms with Gasteiger partial charge in [-0.15, -0.1) is 0 Å². The van der Waals surface area contributed by atoms with Crippen LogP contribution in [0.25, 0.3) is 0 Å². The molecule has 2 atom stereocenters. The van der Waals surface area contributed by atoms with Crippen LogP contribution in [0, 0.1) is 5.92 Å². The van der Waals surface area contributed by atoms with Gasteiger partial charge < -0.3 is 29.5 Å². The van der Waals surface area contributed by atoms with E-state index in [1.54, 1.807) is 20.8 Å². The van der Waals surface area contributed by atoms with E-state index in [9.17, 15) is 18.3 Å². The van der Waals surface area contributed by atoms with Crippen LogP contribution in [0.3, 0.4) is 0 Å². The first kappa shape index (κ1) is 31.1. The fourth-order valence-corrected chi connectivity index (χ4v) is 5.73. The van der Waals surface area contributed by atoms with E-state index < -0.39 is 28.3 Å². The minimum atomic E-state index is -4.22. The molecular weight excluding hydrogens is 560 g/mol. The summed E-state index contributed by atoms with van der Waals surface area (Å²) in [6.07, 6.45) is 0.184.